The first-order valence-corrected chi connectivity index (χ1v) is 5.66. The number of carbonyl (C=O) groups is 1. The quantitative estimate of drug-likeness (QED) is 0.721. The second-order valence-electron chi connectivity index (χ2n) is 4.33. The number of carbonyl (C=O) groups excluding carboxylic acids is 1. The van der Waals surface area contributed by atoms with Gasteiger partial charge in [0.2, 0.25) is 0 Å². The number of esters is 1. The third kappa shape index (κ3) is 3.07. The summed E-state index contributed by atoms with van der Waals surface area (Å²) in [6.07, 6.45) is 1.42. The van der Waals surface area contributed by atoms with E-state index in [9.17, 15) is 4.79 Å². The average Bonchev–Trinajstić information content (AvgIpc) is 2.65. The number of likely N-dealkylation sites (tertiary alicyclic amines) is 1. The highest BCUT2D eigenvalue weighted by Gasteiger charge is 2.22. The molecule has 3 nitrogen and oxygen atoms in total. The molecule has 1 atom stereocenters. The van der Waals surface area contributed by atoms with E-state index in [1.807, 2.05) is 37.4 Å². The standard InChI is InChI=1S/C13H17NO2/c1-14-8-7-12(10-14)16-13(15)9-11-5-3-2-4-6-11/h2-6,12H,7-10H2,1H3/t12-/m0/s1. The Hall–Kier alpha value is -1.35. The summed E-state index contributed by atoms with van der Waals surface area (Å²) in [4.78, 5) is 13.8. The Bertz CT molecular complexity index is 350. The molecule has 1 aliphatic rings. The summed E-state index contributed by atoms with van der Waals surface area (Å²) in [5.74, 6) is -0.119. The van der Waals surface area contributed by atoms with E-state index in [0.717, 1.165) is 25.1 Å². The monoisotopic (exact) mass is 219 g/mol. The van der Waals surface area contributed by atoms with Crippen molar-refractivity contribution in [3.63, 3.8) is 0 Å². The molecule has 0 radical (unpaired) electrons. The van der Waals surface area contributed by atoms with Crippen molar-refractivity contribution >= 4 is 5.97 Å². The summed E-state index contributed by atoms with van der Waals surface area (Å²) in [5, 5.41) is 0. The first-order valence-electron chi connectivity index (χ1n) is 5.66. The van der Waals surface area contributed by atoms with Crippen molar-refractivity contribution in [2.45, 2.75) is 18.9 Å². The molecule has 2 rings (SSSR count). The minimum absolute atomic E-state index is 0.0845. The van der Waals surface area contributed by atoms with Gasteiger partial charge in [-0.2, -0.15) is 0 Å². The van der Waals surface area contributed by atoms with Crippen LogP contribution in [0, 0.1) is 0 Å². The normalized spacial score (nSPS) is 20.9. The van der Waals surface area contributed by atoms with E-state index in [0.29, 0.717) is 6.42 Å². The van der Waals surface area contributed by atoms with Crippen LogP contribution in [0.2, 0.25) is 0 Å². The van der Waals surface area contributed by atoms with Crippen molar-refractivity contribution in [3.05, 3.63) is 35.9 Å². The van der Waals surface area contributed by atoms with Gasteiger partial charge in [-0.05, 0) is 19.0 Å². The fourth-order valence-corrected chi connectivity index (χ4v) is 1.98. The second-order valence-corrected chi connectivity index (χ2v) is 4.33. The zero-order chi connectivity index (χ0) is 11.4. The number of hydrogen-bond donors (Lipinski definition) is 0. The Kier molecular flexibility index (Phi) is 3.57. The molecule has 86 valence electrons. The van der Waals surface area contributed by atoms with Gasteiger partial charge in [-0.1, -0.05) is 30.3 Å². The minimum atomic E-state index is -0.119. The van der Waals surface area contributed by atoms with E-state index in [1.165, 1.54) is 0 Å². The highest BCUT2D eigenvalue weighted by Crippen LogP contribution is 2.11. The maximum atomic E-state index is 11.6. The Morgan fingerprint density at radius 3 is 2.81 bits per heavy atom. The van der Waals surface area contributed by atoms with Gasteiger partial charge in [0.15, 0.2) is 0 Å². The average molecular weight is 219 g/mol. The van der Waals surface area contributed by atoms with Gasteiger partial charge in [0.1, 0.15) is 6.10 Å². The van der Waals surface area contributed by atoms with Gasteiger partial charge < -0.3 is 9.64 Å². The molecule has 16 heavy (non-hydrogen) atoms. The molecule has 3 heteroatoms. The van der Waals surface area contributed by atoms with E-state index in [1.54, 1.807) is 0 Å². The van der Waals surface area contributed by atoms with E-state index in [4.69, 9.17) is 4.74 Å². The van der Waals surface area contributed by atoms with Gasteiger partial charge in [0, 0.05) is 13.1 Å². The van der Waals surface area contributed by atoms with Crippen LogP contribution in [-0.2, 0) is 16.0 Å². The summed E-state index contributed by atoms with van der Waals surface area (Å²) in [5.41, 5.74) is 1.01. The fourth-order valence-electron chi connectivity index (χ4n) is 1.98. The number of hydrogen-bond acceptors (Lipinski definition) is 3. The van der Waals surface area contributed by atoms with Crippen molar-refractivity contribution in [2.24, 2.45) is 0 Å². The van der Waals surface area contributed by atoms with Crippen molar-refractivity contribution in [3.8, 4) is 0 Å². The van der Waals surface area contributed by atoms with Crippen LogP contribution in [0.3, 0.4) is 0 Å². The molecule has 0 bridgehead atoms. The SMILES string of the molecule is CN1CC[C@H](OC(=O)Cc2ccccc2)C1. The van der Waals surface area contributed by atoms with E-state index < -0.39 is 0 Å². The molecule has 0 unspecified atom stereocenters. The highest BCUT2D eigenvalue weighted by molar-refractivity contribution is 5.72. The summed E-state index contributed by atoms with van der Waals surface area (Å²) in [6, 6.07) is 9.71. The van der Waals surface area contributed by atoms with Crippen LogP contribution in [0.4, 0.5) is 0 Å². The van der Waals surface area contributed by atoms with E-state index in [-0.39, 0.29) is 12.1 Å². The van der Waals surface area contributed by atoms with Gasteiger partial charge >= 0.3 is 5.97 Å². The molecule has 0 spiro atoms. The Balaban J connectivity index is 1.81. The van der Waals surface area contributed by atoms with Crippen LogP contribution < -0.4 is 0 Å². The van der Waals surface area contributed by atoms with Crippen LogP contribution in [0.1, 0.15) is 12.0 Å². The Labute approximate surface area is 96.0 Å². The van der Waals surface area contributed by atoms with Gasteiger partial charge in [-0.15, -0.1) is 0 Å². The molecule has 1 saturated heterocycles. The first-order chi connectivity index (χ1) is 7.74. The van der Waals surface area contributed by atoms with Crippen LogP contribution in [0.25, 0.3) is 0 Å². The van der Waals surface area contributed by atoms with Gasteiger partial charge in [-0.25, -0.2) is 0 Å². The molecule has 1 fully saturated rings. The zero-order valence-corrected chi connectivity index (χ0v) is 9.56. The van der Waals surface area contributed by atoms with Gasteiger partial charge in [-0.3, -0.25) is 4.79 Å². The van der Waals surface area contributed by atoms with E-state index in [2.05, 4.69) is 4.90 Å². The lowest BCUT2D eigenvalue weighted by Gasteiger charge is -2.12. The molecule has 0 saturated carbocycles. The zero-order valence-electron chi connectivity index (χ0n) is 9.56. The van der Waals surface area contributed by atoms with Crippen molar-refractivity contribution < 1.29 is 9.53 Å². The van der Waals surface area contributed by atoms with Crippen molar-refractivity contribution in [2.75, 3.05) is 20.1 Å². The van der Waals surface area contributed by atoms with E-state index >= 15 is 0 Å². The predicted octanol–water partition coefficient (Wildman–Crippen LogP) is 1.48. The molecular formula is C13H17NO2. The topological polar surface area (TPSA) is 29.5 Å². The number of benzene rings is 1. The van der Waals surface area contributed by atoms with Gasteiger partial charge in [0.25, 0.3) is 0 Å². The van der Waals surface area contributed by atoms with Crippen LogP contribution >= 0.6 is 0 Å². The maximum Gasteiger partial charge on any atom is 0.310 e. The number of ether oxygens (including phenoxy) is 1. The maximum absolute atomic E-state index is 11.6. The number of likely N-dealkylation sites (N-methyl/N-ethyl adjacent to an activating group) is 1. The Morgan fingerprint density at radius 1 is 1.44 bits per heavy atom. The number of rotatable bonds is 3. The largest absolute Gasteiger partial charge is 0.461 e. The minimum Gasteiger partial charge on any atom is -0.461 e. The number of nitrogens with zero attached hydrogens (tertiary/aromatic N) is 1. The van der Waals surface area contributed by atoms with Crippen LogP contribution in [0.5, 0.6) is 0 Å². The predicted molar refractivity (Wildman–Crippen MR) is 62.1 cm³/mol. The molecule has 0 amide bonds. The Morgan fingerprint density at radius 2 is 2.19 bits per heavy atom. The highest BCUT2D eigenvalue weighted by atomic mass is 16.5. The van der Waals surface area contributed by atoms with Crippen LogP contribution in [-0.4, -0.2) is 37.1 Å². The molecular weight excluding hydrogens is 202 g/mol. The second kappa shape index (κ2) is 5.12. The lowest BCUT2D eigenvalue weighted by Crippen LogP contribution is -2.23. The van der Waals surface area contributed by atoms with Crippen molar-refractivity contribution in [1.82, 2.24) is 4.90 Å². The molecule has 1 aromatic carbocycles. The summed E-state index contributed by atoms with van der Waals surface area (Å²) in [6.45, 7) is 1.88. The lowest BCUT2D eigenvalue weighted by atomic mass is 10.1. The third-order valence-corrected chi connectivity index (χ3v) is 2.84. The molecule has 0 N–H and O–H groups in total. The fraction of sp³-hybridized carbons (Fsp3) is 0.462. The molecule has 1 aliphatic heterocycles. The summed E-state index contributed by atoms with van der Waals surface area (Å²) >= 11 is 0. The molecule has 0 aliphatic carbocycles. The first kappa shape index (κ1) is 11.1. The molecule has 1 heterocycles. The third-order valence-electron chi connectivity index (χ3n) is 2.84. The summed E-state index contributed by atoms with van der Waals surface area (Å²) < 4.78 is 5.41. The van der Waals surface area contributed by atoms with Crippen LogP contribution in [0.15, 0.2) is 30.3 Å². The summed E-state index contributed by atoms with van der Waals surface area (Å²) in [7, 11) is 2.05. The van der Waals surface area contributed by atoms with Gasteiger partial charge in [0.05, 0.1) is 6.42 Å². The lowest BCUT2D eigenvalue weighted by molar-refractivity contribution is -0.147. The van der Waals surface area contributed by atoms with Crippen molar-refractivity contribution in [1.29, 1.82) is 0 Å². The smallest absolute Gasteiger partial charge is 0.310 e. The molecule has 0 aromatic heterocycles. The molecule has 1 aromatic rings.